The summed E-state index contributed by atoms with van der Waals surface area (Å²) in [7, 11) is 1.99. The van der Waals surface area contributed by atoms with E-state index in [0.717, 1.165) is 13.0 Å². The summed E-state index contributed by atoms with van der Waals surface area (Å²) in [5.41, 5.74) is 2.68. The fraction of sp³-hybridized carbons (Fsp3) is 0.467. The van der Waals surface area contributed by atoms with Crippen molar-refractivity contribution in [3.63, 3.8) is 0 Å². The lowest BCUT2D eigenvalue weighted by Crippen LogP contribution is -2.06. The highest BCUT2D eigenvalue weighted by Crippen LogP contribution is 2.09. The second-order valence-corrected chi connectivity index (χ2v) is 3.50. The lowest BCUT2D eigenvalue weighted by molar-refractivity contribution is 0.736. The Morgan fingerprint density at radius 2 is 1.88 bits per heavy atom. The number of allylic oxidation sites excluding steroid dienone is 1. The monoisotopic (exact) mass is 219 g/mol. The Bertz CT molecular complexity index is 289. The van der Waals surface area contributed by atoms with E-state index in [9.17, 15) is 0 Å². The summed E-state index contributed by atoms with van der Waals surface area (Å²) in [5.74, 6) is 0. The maximum absolute atomic E-state index is 3.14. The van der Waals surface area contributed by atoms with Crippen molar-refractivity contribution >= 4 is 6.08 Å². The third-order valence-electron chi connectivity index (χ3n) is 2.28. The van der Waals surface area contributed by atoms with Gasteiger partial charge in [-0.25, -0.2) is 0 Å². The average molecular weight is 219 g/mol. The standard InChI is InChI=1S/C13H19N.C2H6/c1-12-8-5-6-10-13(12)9-4-3-7-11-14-2;1-2/h4-6,8-10,14H,3,7,11H2,1-2H3;1-2H3/b9-4-;. The third kappa shape index (κ3) is 6.41. The summed E-state index contributed by atoms with van der Waals surface area (Å²) in [5, 5.41) is 3.14. The molecule has 1 nitrogen and oxygen atoms in total. The normalized spacial score (nSPS) is 10.0. The van der Waals surface area contributed by atoms with E-state index in [1.54, 1.807) is 0 Å². The van der Waals surface area contributed by atoms with Gasteiger partial charge in [0.15, 0.2) is 0 Å². The summed E-state index contributed by atoms with van der Waals surface area (Å²) in [6, 6.07) is 8.46. The van der Waals surface area contributed by atoms with Gasteiger partial charge in [0, 0.05) is 0 Å². The SMILES string of the molecule is CC.CNCCC/C=C\c1ccccc1C. The minimum absolute atomic E-state index is 1.10. The van der Waals surface area contributed by atoms with E-state index in [2.05, 4.69) is 48.7 Å². The lowest BCUT2D eigenvalue weighted by atomic mass is 10.1. The van der Waals surface area contributed by atoms with E-state index in [1.165, 1.54) is 17.5 Å². The van der Waals surface area contributed by atoms with Crippen molar-refractivity contribution in [2.45, 2.75) is 33.6 Å². The van der Waals surface area contributed by atoms with Gasteiger partial charge in [-0.3, -0.25) is 0 Å². The zero-order valence-electron chi connectivity index (χ0n) is 11.1. The molecule has 0 aromatic heterocycles. The molecule has 0 atom stereocenters. The van der Waals surface area contributed by atoms with Crippen LogP contribution in [0.15, 0.2) is 30.3 Å². The number of aryl methyl sites for hydroxylation is 1. The number of hydrogen-bond donors (Lipinski definition) is 1. The number of unbranched alkanes of at least 4 members (excludes halogenated alkanes) is 1. The first-order chi connectivity index (χ1) is 7.84. The minimum atomic E-state index is 1.10. The van der Waals surface area contributed by atoms with Crippen molar-refractivity contribution in [3.05, 3.63) is 41.5 Å². The number of rotatable bonds is 5. The Morgan fingerprint density at radius 3 is 2.50 bits per heavy atom. The summed E-state index contributed by atoms with van der Waals surface area (Å²) >= 11 is 0. The summed E-state index contributed by atoms with van der Waals surface area (Å²) in [4.78, 5) is 0. The van der Waals surface area contributed by atoms with Gasteiger partial charge in [-0.05, 0) is 44.5 Å². The second-order valence-electron chi connectivity index (χ2n) is 3.50. The van der Waals surface area contributed by atoms with Gasteiger partial charge in [0.2, 0.25) is 0 Å². The molecule has 0 bridgehead atoms. The predicted molar refractivity (Wildman–Crippen MR) is 74.7 cm³/mol. The van der Waals surface area contributed by atoms with Crippen LogP contribution in [0.3, 0.4) is 0 Å². The quantitative estimate of drug-likeness (QED) is 0.737. The molecule has 0 aliphatic rings. The minimum Gasteiger partial charge on any atom is -0.320 e. The highest BCUT2D eigenvalue weighted by molar-refractivity contribution is 5.53. The maximum atomic E-state index is 3.14. The van der Waals surface area contributed by atoms with Gasteiger partial charge >= 0.3 is 0 Å². The Kier molecular flexibility index (Phi) is 9.73. The molecule has 0 aliphatic heterocycles. The molecule has 0 saturated heterocycles. The molecule has 0 fully saturated rings. The van der Waals surface area contributed by atoms with Gasteiger partial charge in [0.1, 0.15) is 0 Å². The van der Waals surface area contributed by atoms with Crippen LogP contribution in [0, 0.1) is 6.92 Å². The van der Waals surface area contributed by atoms with Crippen molar-refractivity contribution in [1.29, 1.82) is 0 Å². The van der Waals surface area contributed by atoms with E-state index < -0.39 is 0 Å². The van der Waals surface area contributed by atoms with Gasteiger partial charge in [-0.2, -0.15) is 0 Å². The highest BCUT2D eigenvalue weighted by atomic mass is 14.8. The molecule has 0 heterocycles. The van der Waals surface area contributed by atoms with Gasteiger partial charge < -0.3 is 5.32 Å². The van der Waals surface area contributed by atoms with Crippen LogP contribution in [0.1, 0.15) is 37.8 Å². The van der Waals surface area contributed by atoms with Gasteiger partial charge in [0.05, 0.1) is 0 Å². The highest BCUT2D eigenvalue weighted by Gasteiger charge is 1.89. The molecule has 1 rings (SSSR count). The molecule has 16 heavy (non-hydrogen) atoms. The molecule has 1 heteroatoms. The molecule has 1 N–H and O–H groups in total. The number of nitrogens with one attached hydrogen (secondary N) is 1. The molecule has 0 spiro atoms. The topological polar surface area (TPSA) is 12.0 Å². The van der Waals surface area contributed by atoms with E-state index in [-0.39, 0.29) is 0 Å². The molecule has 0 amide bonds. The summed E-state index contributed by atoms with van der Waals surface area (Å²) in [6.45, 7) is 7.24. The van der Waals surface area contributed by atoms with Crippen LogP contribution in [0.2, 0.25) is 0 Å². The summed E-state index contributed by atoms with van der Waals surface area (Å²) < 4.78 is 0. The fourth-order valence-electron chi connectivity index (χ4n) is 1.38. The van der Waals surface area contributed by atoms with Crippen LogP contribution >= 0.6 is 0 Å². The zero-order valence-corrected chi connectivity index (χ0v) is 11.1. The van der Waals surface area contributed by atoms with Crippen molar-refractivity contribution in [2.75, 3.05) is 13.6 Å². The van der Waals surface area contributed by atoms with Crippen molar-refractivity contribution in [1.82, 2.24) is 5.32 Å². The molecule has 1 aromatic rings. The van der Waals surface area contributed by atoms with E-state index in [4.69, 9.17) is 0 Å². The Labute approximate surface area is 101 Å². The van der Waals surface area contributed by atoms with Crippen LogP contribution in [0.25, 0.3) is 6.08 Å². The molecule has 1 aromatic carbocycles. The Balaban J connectivity index is 0.00000106. The van der Waals surface area contributed by atoms with E-state index in [1.807, 2.05) is 20.9 Å². The first-order valence-electron chi connectivity index (χ1n) is 6.21. The van der Waals surface area contributed by atoms with Crippen LogP contribution < -0.4 is 5.32 Å². The lowest BCUT2D eigenvalue weighted by Gasteiger charge is -1.98. The average Bonchev–Trinajstić information content (AvgIpc) is 2.34. The van der Waals surface area contributed by atoms with Gasteiger partial charge in [-0.15, -0.1) is 0 Å². The molecule has 0 unspecified atom stereocenters. The van der Waals surface area contributed by atoms with Crippen LogP contribution in [-0.4, -0.2) is 13.6 Å². The van der Waals surface area contributed by atoms with Crippen molar-refractivity contribution in [2.24, 2.45) is 0 Å². The zero-order chi connectivity index (χ0) is 12.2. The number of benzene rings is 1. The first-order valence-corrected chi connectivity index (χ1v) is 6.21. The first kappa shape index (κ1) is 14.9. The molecule has 0 aliphatic carbocycles. The number of hydrogen-bond acceptors (Lipinski definition) is 1. The summed E-state index contributed by atoms with van der Waals surface area (Å²) in [6.07, 6.45) is 6.82. The molecule has 0 saturated carbocycles. The molecular weight excluding hydrogens is 194 g/mol. The smallest absolute Gasteiger partial charge is 0.00490 e. The Morgan fingerprint density at radius 1 is 1.19 bits per heavy atom. The van der Waals surface area contributed by atoms with Gasteiger partial charge in [-0.1, -0.05) is 50.3 Å². The Hall–Kier alpha value is -1.08. The van der Waals surface area contributed by atoms with Crippen molar-refractivity contribution < 1.29 is 0 Å². The van der Waals surface area contributed by atoms with E-state index in [0.29, 0.717) is 0 Å². The largest absolute Gasteiger partial charge is 0.320 e. The molecule has 0 radical (unpaired) electrons. The fourth-order valence-corrected chi connectivity index (χ4v) is 1.38. The van der Waals surface area contributed by atoms with E-state index >= 15 is 0 Å². The molecule has 90 valence electrons. The van der Waals surface area contributed by atoms with Crippen LogP contribution in [0.5, 0.6) is 0 Å². The molecular formula is C15H25N. The van der Waals surface area contributed by atoms with Gasteiger partial charge in [0.25, 0.3) is 0 Å². The maximum Gasteiger partial charge on any atom is -0.00490 e. The third-order valence-corrected chi connectivity index (χ3v) is 2.28. The van der Waals surface area contributed by atoms with Crippen LogP contribution in [0.4, 0.5) is 0 Å². The second kappa shape index (κ2) is 10.4. The predicted octanol–water partition coefficient (Wildman–Crippen LogP) is 4.03. The van der Waals surface area contributed by atoms with Crippen molar-refractivity contribution in [3.8, 4) is 0 Å². The van der Waals surface area contributed by atoms with Crippen LogP contribution in [-0.2, 0) is 0 Å².